The predicted molar refractivity (Wildman–Crippen MR) is 142 cm³/mol. The molecule has 5 aromatic rings. The first kappa shape index (κ1) is 25.6. The van der Waals surface area contributed by atoms with E-state index in [9.17, 15) is 17.6 Å². The number of hydrogen-bond donors (Lipinski definition) is 0. The van der Waals surface area contributed by atoms with Crippen LogP contribution >= 0.6 is 11.6 Å². The summed E-state index contributed by atoms with van der Waals surface area (Å²) < 4.78 is 63.4. The lowest BCUT2D eigenvalue weighted by atomic mass is 10.0. The minimum Gasteiger partial charge on any atom is -0.457 e. The minimum absolute atomic E-state index is 0.0834. The fraction of sp³-hybridized carbons (Fsp3) is 0.138. The van der Waals surface area contributed by atoms with Crippen molar-refractivity contribution in [1.82, 2.24) is 9.78 Å². The molecular weight excluding hydrogens is 518 g/mol. The number of aromatic nitrogens is 2. The Hall–Kier alpha value is -4.04. The molecule has 0 aliphatic heterocycles. The molecule has 0 aliphatic carbocycles. The first-order valence-electron chi connectivity index (χ1n) is 11.7. The monoisotopic (exact) mass is 539 g/mol. The van der Waals surface area contributed by atoms with Gasteiger partial charge in [-0.05, 0) is 54.6 Å². The Morgan fingerprint density at radius 3 is 2.32 bits per heavy atom. The second-order valence-corrected chi connectivity index (χ2v) is 9.40. The van der Waals surface area contributed by atoms with E-state index in [0.29, 0.717) is 28.1 Å². The Labute approximate surface area is 221 Å². The van der Waals surface area contributed by atoms with Crippen molar-refractivity contribution in [3.63, 3.8) is 0 Å². The molecule has 194 valence electrons. The SMILES string of the molecule is CN(C)c1cccc(Oc2ccc(-c3c4cccc(C(F)(F)F)c4nn3Cc3ccc(Cl)cc3F)cc2)c1. The Balaban J connectivity index is 1.57. The van der Waals surface area contributed by atoms with E-state index < -0.39 is 17.6 Å². The highest BCUT2D eigenvalue weighted by molar-refractivity contribution is 6.30. The molecule has 0 spiro atoms. The summed E-state index contributed by atoms with van der Waals surface area (Å²) in [5.41, 5.74) is 1.21. The lowest BCUT2D eigenvalue weighted by Crippen LogP contribution is -2.08. The van der Waals surface area contributed by atoms with Crippen molar-refractivity contribution in [3.05, 3.63) is 107 Å². The number of hydrogen-bond acceptors (Lipinski definition) is 3. The maximum absolute atomic E-state index is 14.6. The first-order chi connectivity index (χ1) is 18.1. The summed E-state index contributed by atoms with van der Waals surface area (Å²) in [5, 5.41) is 4.82. The molecule has 38 heavy (non-hydrogen) atoms. The number of fused-ring (bicyclic) bond motifs is 1. The zero-order chi connectivity index (χ0) is 27.0. The van der Waals surface area contributed by atoms with Gasteiger partial charge in [0.25, 0.3) is 0 Å². The van der Waals surface area contributed by atoms with E-state index in [-0.39, 0.29) is 22.6 Å². The van der Waals surface area contributed by atoms with Crippen LogP contribution < -0.4 is 9.64 Å². The van der Waals surface area contributed by atoms with Crippen LogP contribution in [0, 0.1) is 5.82 Å². The Morgan fingerprint density at radius 2 is 1.63 bits per heavy atom. The van der Waals surface area contributed by atoms with Crippen LogP contribution in [0.3, 0.4) is 0 Å². The number of halogens is 5. The molecule has 0 atom stereocenters. The Morgan fingerprint density at radius 1 is 0.895 bits per heavy atom. The molecule has 9 heteroatoms. The highest BCUT2D eigenvalue weighted by Gasteiger charge is 2.34. The lowest BCUT2D eigenvalue weighted by Gasteiger charge is -2.14. The van der Waals surface area contributed by atoms with Gasteiger partial charge in [0.2, 0.25) is 0 Å². The van der Waals surface area contributed by atoms with E-state index in [1.54, 1.807) is 30.3 Å². The zero-order valence-electron chi connectivity index (χ0n) is 20.4. The summed E-state index contributed by atoms with van der Waals surface area (Å²) in [5.74, 6) is 0.634. The van der Waals surface area contributed by atoms with Crippen LogP contribution in [0.25, 0.3) is 22.2 Å². The molecule has 0 saturated heterocycles. The fourth-order valence-electron chi connectivity index (χ4n) is 4.25. The third-order valence-electron chi connectivity index (χ3n) is 6.11. The van der Waals surface area contributed by atoms with Crippen LogP contribution in [0.15, 0.2) is 84.9 Å². The summed E-state index contributed by atoms with van der Waals surface area (Å²) in [6.45, 7) is -0.0834. The van der Waals surface area contributed by atoms with Gasteiger partial charge in [0.1, 0.15) is 22.8 Å². The smallest absolute Gasteiger partial charge is 0.418 e. The van der Waals surface area contributed by atoms with Gasteiger partial charge in [0, 0.05) is 47.4 Å². The average Bonchev–Trinajstić information content (AvgIpc) is 3.23. The van der Waals surface area contributed by atoms with Gasteiger partial charge in [0.05, 0.1) is 17.8 Å². The van der Waals surface area contributed by atoms with Crippen molar-refractivity contribution in [3.8, 4) is 22.8 Å². The standard InChI is InChI=1S/C29H22ClF4N3O/c1-36(2)21-5-3-6-23(16-21)38-22-13-10-18(11-14-22)28-24-7-4-8-25(29(32,33)34)27(24)35-37(28)17-19-9-12-20(30)15-26(19)31/h3-16H,17H2,1-2H3. The number of alkyl halides is 3. The number of rotatable bonds is 6. The summed E-state index contributed by atoms with van der Waals surface area (Å²) in [6.07, 6.45) is -4.60. The van der Waals surface area contributed by atoms with Gasteiger partial charge in [-0.25, -0.2) is 4.39 Å². The van der Waals surface area contributed by atoms with Crippen LogP contribution in [-0.4, -0.2) is 23.9 Å². The number of nitrogens with zero attached hydrogens (tertiary/aromatic N) is 3. The van der Waals surface area contributed by atoms with Crippen molar-refractivity contribution in [2.24, 2.45) is 0 Å². The number of benzene rings is 4. The van der Waals surface area contributed by atoms with E-state index in [4.69, 9.17) is 16.3 Å². The highest BCUT2D eigenvalue weighted by atomic mass is 35.5. The highest BCUT2D eigenvalue weighted by Crippen LogP contribution is 2.39. The minimum atomic E-state index is -4.60. The van der Waals surface area contributed by atoms with Crippen molar-refractivity contribution in [1.29, 1.82) is 0 Å². The summed E-state index contributed by atoms with van der Waals surface area (Å²) >= 11 is 5.88. The van der Waals surface area contributed by atoms with E-state index >= 15 is 0 Å². The molecule has 1 heterocycles. The molecule has 0 saturated carbocycles. The molecule has 0 aliphatic rings. The van der Waals surface area contributed by atoms with Gasteiger partial charge in [-0.3, -0.25) is 4.68 Å². The van der Waals surface area contributed by atoms with Gasteiger partial charge >= 0.3 is 6.18 Å². The van der Waals surface area contributed by atoms with Crippen LogP contribution in [0.1, 0.15) is 11.1 Å². The molecule has 1 aromatic heterocycles. The van der Waals surface area contributed by atoms with Crippen LogP contribution in [0.4, 0.5) is 23.2 Å². The lowest BCUT2D eigenvalue weighted by molar-refractivity contribution is -0.136. The molecule has 4 nitrogen and oxygen atoms in total. The largest absolute Gasteiger partial charge is 0.457 e. The van der Waals surface area contributed by atoms with E-state index in [2.05, 4.69) is 5.10 Å². The molecular formula is C29H22ClF4N3O. The van der Waals surface area contributed by atoms with Gasteiger partial charge < -0.3 is 9.64 Å². The number of ether oxygens (including phenoxy) is 1. The molecule has 0 N–H and O–H groups in total. The van der Waals surface area contributed by atoms with Crippen LogP contribution in [-0.2, 0) is 12.7 Å². The van der Waals surface area contributed by atoms with Crippen molar-refractivity contribution in [2.45, 2.75) is 12.7 Å². The molecule has 4 aromatic carbocycles. The third kappa shape index (κ3) is 5.17. The summed E-state index contributed by atoms with van der Waals surface area (Å²) in [6, 6.07) is 22.7. The summed E-state index contributed by atoms with van der Waals surface area (Å²) in [4.78, 5) is 1.96. The van der Waals surface area contributed by atoms with Gasteiger partial charge in [0.15, 0.2) is 0 Å². The average molecular weight is 540 g/mol. The van der Waals surface area contributed by atoms with Crippen molar-refractivity contribution >= 4 is 28.2 Å². The predicted octanol–water partition coefficient (Wildman–Crippen LogP) is 8.42. The Kier molecular flexibility index (Phi) is 6.75. The quantitative estimate of drug-likeness (QED) is 0.203. The van der Waals surface area contributed by atoms with Crippen LogP contribution in [0.2, 0.25) is 5.02 Å². The second kappa shape index (κ2) is 10.0. The summed E-state index contributed by atoms with van der Waals surface area (Å²) in [7, 11) is 3.86. The normalized spacial score (nSPS) is 11.7. The molecule has 5 rings (SSSR count). The van der Waals surface area contributed by atoms with Crippen LogP contribution in [0.5, 0.6) is 11.5 Å². The maximum atomic E-state index is 14.6. The molecule has 0 radical (unpaired) electrons. The van der Waals surface area contributed by atoms with Gasteiger partial charge in [-0.1, -0.05) is 35.9 Å². The molecule has 0 bridgehead atoms. The molecule has 0 amide bonds. The molecule has 0 fully saturated rings. The van der Waals surface area contributed by atoms with E-state index in [1.165, 1.54) is 28.9 Å². The number of anilines is 1. The zero-order valence-corrected chi connectivity index (χ0v) is 21.2. The van der Waals surface area contributed by atoms with Gasteiger partial charge in [-0.15, -0.1) is 0 Å². The maximum Gasteiger partial charge on any atom is 0.418 e. The topological polar surface area (TPSA) is 30.3 Å². The van der Waals surface area contributed by atoms with Gasteiger partial charge in [-0.2, -0.15) is 18.3 Å². The van der Waals surface area contributed by atoms with Crippen molar-refractivity contribution < 1.29 is 22.3 Å². The third-order valence-corrected chi connectivity index (χ3v) is 6.34. The first-order valence-corrected chi connectivity index (χ1v) is 12.0. The Bertz CT molecular complexity index is 1610. The molecule has 0 unspecified atom stereocenters. The van der Waals surface area contributed by atoms with E-state index in [0.717, 1.165) is 11.8 Å². The second-order valence-electron chi connectivity index (χ2n) is 8.96. The fourth-order valence-corrected chi connectivity index (χ4v) is 4.41. The van der Waals surface area contributed by atoms with E-state index in [1.807, 2.05) is 43.3 Å². The van der Waals surface area contributed by atoms with Crippen molar-refractivity contribution in [2.75, 3.05) is 19.0 Å².